The van der Waals surface area contributed by atoms with E-state index in [9.17, 15) is 18.0 Å². The maximum atomic E-state index is 13.9. The quantitative estimate of drug-likeness (QED) is 0.153. The van der Waals surface area contributed by atoms with Gasteiger partial charge in [0, 0.05) is 25.8 Å². The predicted molar refractivity (Wildman–Crippen MR) is 160 cm³/mol. The molecule has 2 aromatic carbocycles. The van der Waals surface area contributed by atoms with Crippen molar-refractivity contribution < 1.29 is 41.7 Å². The number of nitrogen functional groups attached to an aromatic ring is 1. The second-order valence-electron chi connectivity index (χ2n) is 10.7. The van der Waals surface area contributed by atoms with Crippen LogP contribution in [-0.2, 0) is 44.9 Å². The summed E-state index contributed by atoms with van der Waals surface area (Å²) in [4.78, 5) is 26.0. The molecule has 0 aromatic heterocycles. The van der Waals surface area contributed by atoms with E-state index in [1.54, 1.807) is 0 Å². The van der Waals surface area contributed by atoms with Gasteiger partial charge in [-0.25, -0.2) is 18.0 Å². The Balaban J connectivity index is 1.94. The van der Waals surface area contributed by atoms with Gasteiger partial charge in [-0.2, -0.15) is 4.31 Å². The Morgan fingerprint density at radius 1 is 1.07 bits per heavy atom. The smallest absolute Gasteiger partial charge is 0.407 e. The highest BCUT2D eigenvalue weighted by molar-refractivity contribution is 7.89. The standard InChI is InChI=1S/C30H43N3O9S/c1-22(2)18-33(43(36,37)26-11-9-24(31)10-12-26)19-28(42-29(34)21-40-16-15-38-3)27(17-23-7-5-4-6-8-23)32-30(35)41-25-13-14-39-20-25/h4-12,22,25,27-28H,13-21,31H2,1-3H3,(H,32,35)/t25-,27-,28+/m0/s1. The molecule has 43 heavy (non-hydrogen) atoms. The third kappa shape index (κ3) is 11.4. The highest BCUT2D eigenvalue weighted by atomic mass is 32.2. The third-order valence-electron chi connectivity index (χ3n) is 6.62. The van der Waals surface area contributed by atoms with Gasteiger partial charge in [-0.1, -0.05) is 44.2 Å². The normalized spacial score (nSPS) is 16.6. The number of nitrogens with one attached hydrogen (secondary N) is 1. The van der Waals surface area contributed by atoms with Gasteiger partial charge >= 0.3 is 12.1 Å². The number of ether oxygens (including phenoxy) is 5. The molecule has 1 heterocycles. The molecule has 1 amide bonds. The van der Waals surface area contributed by atoms with Crippen LogP contribution in [0.3, 0.4) is 0 Å². The molecule has 1 aliphatic heterocycles. The van der Waals surface area contributed by atoms with E-state index in [4.69, 9.17) is 29.4 Å². The maximum Gasteiger partial charge on any atom is 0.407 e. The molecule has 0 spiro atoms. The zero-order valence-electron chi connectivity index (χ0n) is 25.0. The van der Waals surface area contributed by atoms with E-state index in [1.807, 2.05) is 44.2 Å². The minimum Gasteiger partial charge on any atom is -0.457 e. The van der Waals surface area contributed by atoms with E-state index in [0.717, 1.165) is 5.56 Å². The number of hydrogen-bond donors (Lipinski definition) is 2. The molecule has 0 bridgehead atoms. The summed E-state index contributed by atoms with van der Waals surface area (Å²) in [6.07, 6.45) is -1.43. The number of carbonyl (C=O) groups excluding carboxylic acids is 2. The summed E-state index contributed by atoms with van der Waals surface area (Å²) in [7, 11) is -2.53. The molecule has 13 heteroatoms. The summed E-state index contributed by atoms with van der Waals surface area (Å²) in [5.74, 6) is -0.780. The van der Waals surface area contributed by atoms with Crippen molar-refractivity contribution in [2.45, 2.75) is 49.8 Å². The molecular weight excluding hydrogens is 578 g/mol. The second-order valence-corrected chi connectivity index (χ2v) is 12.6. The van der Waals surface area contributed by atoms with Crippen molar-refractivity contribution in [3.63, 3.8) is 0 Å². The van der Waals surface area contributed by atoms with E-state index in [-0.39, 0.29) is 56.8 Å². The van der Waals surface area contributed by atoms with Crippen molar-refractivity contribution in [3.8, 4) is 0 Å². The van der Waals surface area contributed by atoms with Crippen LogP contribution in [0, 0.1) is 5.92 Å². The topological polar surface area (TPSA) is 156 Å². The Bertz CT molecular complexity index is 1240. The van der Waals surface area contributed by atoms with Gasteiger partial charge < -0.3 is 34.7 Å². The number of methoxy groups -OCH3 is 1. The number of esters is 1. The fourth-order valence-electron chi connectivity index (χ4n) is 4.50. The van der Waals surface area contributed by atoms with Crippen LogP contribution in [0.2, 0.25) is 0 Å². The lowest BCUT2D eigenvalue weighted by atomic mass is 10.0. The summed E-state index contributed by atoms with van der Waals surface area (Å²) in [5.41, 5.74) is 7.06. The largest absolute Gasteiger partial charge is 0.457 e. The highest BCUT2D eigenvalue weighted by Crippen LogP contribution is 2.22. The van der Waals surface area contributed by atoms with Gasteiger partial charge in [-0.3, -0.25) is 0 Å². The first-order chi connectivity index (χ1) is 20.6. The van der Waals surface area contributed by atoms with Crippen molar-refractivity contribution in [1.82, 2.24) is 9.62 Å². The number of hydrogen-bond acceptors (Lipinski definition) is 10. The molecule has 3 atom stereocenters. The van der Waals surface area contributed by atoms with Gasteiger partial charge in [0.25, 0.3) is 0 Å². The van der Waals surface area contributed by atoms with Gasteiger partial charge in [-0.15, -0.1) is 0 Å². The number of rotatable bonds is 17. The number of nitrogens with zero attached hydrogens (tertiary/aromatic N) is 1. The van der Waals surface area contributed by atoms with Crippen LogP contribution in [0.5, 0.6) is 0 Å². The summed E-state index contributed by atoms with van der Waals surface area (Å²) < 4.78 is 56.0. The predicted octanol–water partition coefficient (Wildman–Crippen LogP) is 2.62. The molecule has 0 saturated carbocycles. The lowest BCUT2D eigenvalue weighted by Gasteiger charge is -2.33. The number of anilines is 1. The number of sulfonamides is 1. The van der Waals surface area contributed by atoms with Gasteiger partial charge in [-0.05, 0) is 42.2 Å². The first kappa shape index (κ1) is 34.3. The molecule has 238 valence electrons. The molecule has 0 radical (unpaired) electrons. The van der Waals surface area contributed by atoms with Gasteiger partial charge in [0.1, 0.15) is 18.8 Å². The molecule has 0 unspecified atom stereocenters. The molecule has 12 nitrogen and oxygen atoms in total. The fraction of sp³-hybridized carbons (Fsp3) is 0.533. The summed E-state index contributed by atoms with van der Waals surface area (Å²) in [6, 6.07) is 14.3. The number of alkyl carbamates (subject to hydrolysis) is 1. The number of carbonyl (C=O) groups is 2. The number of amides is 1. The first-order valence-electron chi connectivity index (χ1n) is 14.3. The molecule has 3 rings (SSSR count). The zero-order chi connectivity index (χ0) is 31.2. The molecular formula is C30H43N3O9S. The van der Waals surface area contributed by atoms with Gasteiger partial charge in [0.2, 0.25) is 10.0 Å². The van der Waals surface area contributed by atoms with Crippen molar-refractivity contribution in [1.29, 1.82) is 0 Å². The van der Waals surface area contributed by atoms with Crippen LogP contribution in [0.15, 0.2) is 59.5 Å². The average Bonchev–Trinajstić information content (AvgIpc) is 3.47. The Morgan fingerprint density at radius 3 is 2.42 bits per heavy atom. The van der Waals surface area contributed by atoms with Crippen LogP contribution in [-0.4, -0.2) is 96.3 Å². The SMILES string of the molecule is COCCOCC(=O)O[C@H](CN(CC(C)C)S(=O)(=O)c1ccc(N)cc1)[C@H](Cc1ccccc1)NC(=O)O[C@H]1CCOC1. The highest BCUT2D eigenvalue weighted by Gasteiger charge is 2.35. The number of nitrogens with two attached hydrogens (primary N) is 1. The zero-order valence-corrected chi connectivity index (χ0v) is 25.8. The van der Waals surface area contributed by atoms with Crippen LogP contribution in [0.4, 0.5) is 10.5 Å². The van der Waals surface area contributed by atoms with Crippen LogP contribution >= 0.6 is 0 Å². The van der Waals surface area contributed by atoms with E-state index in [0.29, 0.717) is 18.7 Å². The minimum atomic E-state index is -4.04. The maximum absolute atomic E-state index is 13.9. The van der Waals surface area contributed by atoms with Crippen LogP contribution in [0.25, 0.3) is 0 Å². The fourth-order valence-corrected chi connectivity index (χ4v) is 6.12. The Hall–Kier alpha value is -3.23. The third-order valence-corrected chi connectivity index (χ3v) is 8.46. The van der Waals surface area contributed by atoms with Crippen molar-refractivity contribution in [3.05, 3.63) is 60.2 Å². The minimum absolute atomic E-state index is 0.0449. The summed E-state index contributed by atoms with van der Waals surface area (Å²) >= 11 is 0. The van der Waals surface area contributed by atoms with Crippen LogP contribution in [0.1, 0.15) is 25.8 Å². The lowest BCUT2D eigenvalue weighted by molar-refractivity contribution is -0.156. The van der Waals surface area contributed by atoms with E-state index in [1.165, 1.54) is 35.7 Å². The lowest BCUT2D eigenvalue weighted by Crippen LogP contribution is -2.53. The van der Waals surface area contributed by atoms with Crippen molar-refractivity contribution >= 4 is 27.8 Å². The Labute approximate surface area is 253 Å². The Morgan fingerprint density at radius 2 is 1.79 bits per heavy atom. The van der Waals surface area contributed by atoms with Gasteiger partial charge in [0.15, 0.2) is 0 Å². The Kier molecular flexibility index (Phi) is 13.7. The van der Waals surface area contributed by atoms with E-state index in [2.05, 4.69) is 5.32 Å². The van der Waals surface area contributed by atoms with E-state index >= 15 is 0 Å². The molecule has 0 aliphatic carbocycles. The van der Waals surface area contributed by atoms with Crippen molar-refractivity contribution in [2.24, 2.45) is 5.92 Å². The summed E-state index contributed by atoms with van der Waals surface area (Å²) in [5, 5.41) is 2.84. The summed E-state index contributed by atoms with van der Waals surface area (Å²) in [6.45, 7) is 4.52. The second kappa shape index (κ2) is 17.2. The van der Waals surface area contributed by atoms with Crippen molar-refractivity contribution in [2.75, 3.05) is 59.0 Å². The molecule has 2 aromatic rings. The molecule has 1 saturated heterocycles. The van der Waals surface area contributed by atoms with E-state index < -0.39 is 40.3 Å². The first-order valence-corrected chi connectivity index (χ1v) is 15.7. The monoisotopic (exact) mass is 621 g/mol. The van der Waals surface area contributed by atoms with Gasteiger partial charge in [0.05, 0.1) is 43.9 Å². The molecule has 3 N–H and O–H groups in total. The molecule has 1 fully saturated rings. The van der Waals surface area contributed by atoms with Crippen LogP contribution < -0.4 is 11.1 Å². The average molecular weight is 622 g/mol. The molecule has 1 aliphatic rings. The number of benzene rings is 2.